The number of unbranched alkanes of at least 4 members (excludes halogenated alkanes) is 1. The number of pyridine rings is 1. The van der Waals surface area contributed by atoms with Crippen molar-refractivity contribution >= 4 is 46.2 Å². The maximum Gasteiger partial charge on any atom is 0.335 e. The molecule has 1 unspecified atom stereocenters. The van der Waals surface area contributed by atoms with Gasteiger partial charge >= 0.3 is 5.97 Å². The molecular weight excluding hydrogens is 657 g/mol. The quantitative estimate of drug-likeness (QED) is 0.209. The van der Waals surface area contributed by atoms with E-state index < -0.39 is 5.97 Å². The number of ether oxygens (including phenoxy) is 1. The van der Waals surface area contributed by atoms with E-state index in [-0.39, 0.29) is 23.9 Å². The summed E-state index contributed by atoms with van der Waals surface area (Å²) in [6.07, 6.45) is 12.6. The second kappa shape index (κ2) is 22.0. The maximum absolute atomic E-state index is 13.6. The van der Waals surface area contributed by atoms with Crippen molar-refractivity contribution in [2.24, 2.45) is 0 Å². The number of hydrogen-bond donors (Lipinski definition) is 1. The molecule has 0 saturated carbocycles. The summed E-state index contributed by atoms with van der Waals surface area (Å²) in [6, 6.07) is 7.34. The second-order valence-electron chi connectivity index (χ2n) is 12.0. The van der Waals surface area contributed by atoms with E-state index in [0.717, 1.165) is 67.8 Å². The largest absolute Gasteiger partial charge is 0.478 e. The van der Waals surface area contributed by atoms with Crippen LogP contribution in [-0.2, 0) is 9.53 Å². The summed E-state index contributed by atoms with van der Waals surface area (Å²) in [4.78, 5) is 39.7. The second-order valence-corrected chi connectivity index (χ2v) is 13.2. The molecule has 278 valence electrons. The summed E-state index contributed by atoms with van der Waals surface area (Å²) in [6.45, 7) is 26.9. The van der Waals surface area contributed by atoms with Crippen molar-refractivity contribution in [3.8, 4) is 0 Å². The number of aryl methyl sites for hydroxylation is 3. The molecule has 1 saturated heterocycles. The number of carboxylic acids is 1. The van der Waals surface area contributed by atoms with Crippen LogP contribution in [0.2, 0.25) is 0 Å². The summed E-state index contributed by atoms with van der Waals surface area (Å²) >= 11 is 1.63. The molecule has 2 aliphatic rings. The zero-order valence-corrected chi connectivity index (χ0v) is 33.5. The normalized spacial score (nSPS) is 14.9. The Morgan fingerprint density at radius 2 is 1.67 bits per heavy atom. The molecule has 51 heavy (non-hydrogen) atoms. The Morgan fingerprint density at radius 3 is 2.24 bits per heavy atom. The third-order valence-corrected chi connectivity index (χ3v) is 9.60. The van der Waals surface area contributed by atoms with E-state index in [0.29, 0.717) is 26.3 Å². The van der Waals surface area contributed by atoms with Gasteiger partial charge in [0.15, 0.2) is 0 Å². The molecule has 1 N–H and O–H groups in total. The van der Waals surface area contributed by atoms with Crippen LogP contribution < -0.4 is 4.90 Å². The first kappa shape index (κ1) is 43.1. The first-order chi connectivity index (χ1) is 24.6. The van der Waals surface area contributed by atoms with Crippen LogP contribution in [0, 0.1) is 20.8 Å². The highest BCUT2D eigenvalue weighted by Gasteiger charge is 2.31. The Morgan fingerprint density at radius 1 is 1.00 bits per heavy atom. The maximum atomic E-state index is 13.6. The smallest absolute Gasteiger partial charge is 0.335 e. The van der Waals surface area contributed by atoms with Crippen molar-refractivity contribution in [3.63, 3.8) is 0 Å². The van der Waals surface area contributed by atoms with Gasteiger partial charge in [0.2, 0.25) is 5.91 Å². The minimum absolute atomic E-state index is 0.0264. The van der Waals surface area contributed by atoms with Gasteiger partial charge in [-0.25, -0.2) is 9.78 Å². The van der Waals surface area contributed by atoms with Crippen LogP contribution in [0.15, 0.2) is 49.2 Å². The third kappa shape index (κ3) is 11.7. The van der Waals surface area contributed by atoms with Gasteiger partial charge < -0.3 is 19.6 Å². The predicted octanol–water partition coefficient (Wildman–Crippen LogP) is 10.4. The lowest BCUT2D eigenvalue weighted by molar-refractivity contribution is -0.133. The number of carboxylic acid groups (broad SMARTS) is 1. The Bertz CT molecular complexity index is 1650. The first-order valence-electron chi connectivity index (χ1n) is 18.6. The summed E-state index contributed by atoms with van der Waals surface area (Å²) < 4.78 is 5.46. The number of hydrogen-bond acceptors (Lipinski definition) is 7. The molecule has 1 aromatic carbocycles. The summed E-state index contributed by atoms with van der Waals surface area (Å²) in [7, 11) is 0. The molecule has 4 heterocycles. The summed E-state index contributed by atoms with van der Waals surface area (Å²) in [5.74, 6) is -0.951. The van der Waals surface area contributed by atoms with E-state index in [9.17, 15) is 14.7 Å². The van der Waals surface area contributed by atoms with Crippen LogP contribution in [-0.4, -0.2) is 64.7 Å². The number of nitrogens with zero attached hydrogens (tertiary/aromatic N) is 4. The number of fused-ring (bicyclic) bond motifs is 1. The fourth-order valence-electron chi connectivity index (χ4n) is 5.70. The Labute approximate surface area is 311 Å². The van der Waals surface area contributed by atoms with Gasteiger partial charge in [0.1, 0.15) is 6.54 Å². The van der Waals surface area contributed by atoms with Crippen LogP contribution in [0.5, 0.6) is 0 Å². The number of allylic oxidation sites excluding steroid dienone is 3. The van der Waals surface area contributed by atoms with Gasteiger partial charge in [-0.05, 0) is 62.1 Å². The van der Waals surface area contributed by atoms with Gasteiger partial charge in [0.05, 0.1) is 34.4 Å². The van der Waals surface area contributed by atoms with Gasteiger partial charge in [-0.1, -0.05) is 98.6 Å². The molecule has 8 nitrogen and oxygen atoms in total. The van der Waals surface area contributed by atoms with Crippen molar-refractivity contribution in [2.75, 3.05) is 37.7 Å². The molecule has 1 atom stereocenters. The lowest BCUT2D eigenvalue weighted by Crippen LogP contribution is -2.46. The monoisotopic (exact) mass is 716 g/mol. The highest BCUT2D eigenvalue weighted by atomic mass is 32.1. The van der Waals surface area contributed by atoms with Gasteiger partial charge in [0.25, 0.3) is 0 Å². The minimum atomic E-state index is -0.999. The number of amides is 1. The standard InChI is InChI=1S/C34H38N4O4S.C4H10.2C2H6/c1-6-7-26-17-30(28-16-25(22(3)35-19-28)9-8-21(2)33-23(4)36-24(5)43-33)38(20-32(39)37-12-14-42-15-13-37)31-18-27(34(40)41)10-11-29(26)31;1-3-4-2;2*1-2/h8-11,16-19,26H,2,6-7,12-15,20H2,1,3-5H3,(H,40,41);3-4H2,1-2H3;2*1-2H3/b9-8-;;;. The van der Waals surface area contributed by atoms with Crippen molar-refractivity contribution in [1.82, 2.24) is 14.9 Å². The van der Waals surface area contributed by atoms with E-state index in [2.05, 4.69) is 44.5 Å². The molecule has 0 bridgehead atoms. The van der Waals surface area contributed by atoms with Crippen LogP contribution >= 0.6 is 11.3 Å². The SMILES string of the molecule is C=C(/C=C\c1cc(C2=CC(CCC)c3ccc(C(=O)O)cc3N2CC(=O)N2CCOCC2)cnc1C)c1sc(C)nc1C.CC.CC.CCCC. The molecular formula is C42H60N4O4S. The Hall–Kier alpha value is -4.08. The van der Waals surface area contributed by atoms with E-state index in [4.69, 9.17) is 9.72 Å². The number of carbonyl (C=O) groups excluding carboxylic acids is 1. The number of rotatable bonds is 10. The summed E-state index contributed by atoms with van der Waals surface area (Å²) in [5, 5.41) is 10.8. The fourth-order valence-corrected chi connectivity index (χ4v) is 6.57. The van der Waals surface area contributed by atoms with Crippen molar-refractivity contribution in [3.05, 3.63) is 92.7 Å². The van der Waals surface area contributed by atoms with Crippen molar-refractivity contribution < 1.29 is 19.4 Å². The molecule has 3 aromatic rings. The molecule has 2 aromatic heterocycles. The predicted molar refractivity (Wildman–Crippen MR) is 216 cm³/mol. The van der Waals surface area contributed by atoms with E-state index >= 15 is 0 Å². The van der Waals surface area contributed by atoms with Crippen LogP contribution in [0.3, 0.4) is 0 Å². The summed E-state index contributed by atoms with van der Waals surface area (Å²) in [5.41, 5.74) is 7.35. The van der Waals surface area contributed by atoms with E-state index in [1.165, 1.54) is 12.8 Å². The molecule has 9 heteroatoms. The zero-order chi connectivity index (χ0) is 38.1. The number of anilines is 1. The lowest BCUT2D eigenvalue weighted by atomic mass is 9.86. The average Bonchev–Trinajstić information content (AvgIpc) is 3.51. The van der Waals surface area contributed by atoms with Crippen molar-refractivity contribution in [1.29, 1.82) is 0 Å². The Kier molecular flexibility index (Phi) is 18.6. The molecule has 1 amide bonds. The average molecular weight is 717 g/mol. The highest BCUT2D eigenvalue weighted by Crippen LogP contribution is 2.43. The van der Waals surface area contributed by atoms with E-state index in [1.807, 2.05) is 82.7 Å². The number of aromatic carboxylic acids is 1. The molecule has 0 spiro atoms. The van der Waals surface area contributed by atoms with Crippen molar-refractivity contribution in [2.45, 2.75) is 101 Å². The number of carbonyl (C=O) groups is 2. The minimum Gasteiger partial charge on any atom is -0.478 e. The van der Waals surface area contributed by atoms with E-state index in [1.54, 1.807) is 23.5 Å². The zero-order valence-electron chi connectivity index (χ0n) is 32.6. The number of thiazole rings is 1. The van der Waals surface area contributed by atoms with Crippen LogP contribution in [0.4, 0.5) is 5.69 Å². The van der Waals surface area contributed by atoms with Crippen LogP contribution in [0.1, 0.15) is 128 Å². The number of benzene rings is 1. The number of aromatic nitrogens is 2. The molecule has 1 fully saturated rings. The van der Waals surface area contributed by atoms with Gasteiger partial charge in [0, 0.05) is 47.8 Å². The van der Waals surface area contributed by atoms with Gasteiger partial charge in [-0.2, -0.15) is 0 Å². The lowest BCUT2D eigenvalue weighted by Gasteiger charge is -2.37. The fraction of sp³-hybridized carbons (Fsp3) is 0.476. The molecule has 2 aliphatic heterocycles. The molecule has 0 aliphatic carbocycles. The van der Waals surface area contributed by atoms with Gasteiger partial charge in [-0.3, -0.25) is 9.78 Å². The van der Waals surface area contributed by atoms with Gasteiger partial charge in [-0.15, -0.1) is 11.3 Å². The third-order valence-electron chi connectivity index (χ3n) is 8.46. The molecule has 0 radical (unpaired) electrons. The topological polar surface area (TPSA) is 95.9 Å². The highest BCUT2D eigenvalue weighted by molar-refractivity contribution is 7.12. The van der Waals surface area contributed by atoms with Crippen LogP contribution in [0.25, 0.3) is 17.3 Å². The first-order valence-corrected chi connectivity index (χ1v) is 19.4. The Balaban J connectivity index is 0.00000104. The molecule has 5 rings (SSSR count). The number of morpholine rings is 1.